The molecule has 1 fully saturated rings. The van der Waals surface area contributed by atoms with Gasteiger partial charge < -0.3 is 5.32 Å². The highest BCUT2D eigenvalue weighted by molar-refractivity contribution is 8.18. The van der Waals surface area contributed by atoms with Crippen molar-refractivity contribution in [3.05, 3.63) is 39.8 Å². The van der Waals surface area contributed by atoms with E-state index in [1.54, 1.807) is 37.3 Å². The van der Waals surface area contributed by atoms with Gasteiger partial charge in [-0.15, -0.1) is 0 Å². The number of hydrogen-bond donors (Lipinski definition) is 1. The molecule has 0 radical (unpaired) electrons. The Labute approximate surface area is 137 Å². The van der Waals surface area contributed by atoms with E-state index in [-0.39, 0.29) is 30.1 Å². The number of hydrogen-bond acceptors (Lipinski definition) is 4. The highest BCUT2D eigenvalue weighted by atomic mass is 35.5. The Balaban J connectivity index is 2.02. The maximum atomic E-state index is 12.2. The summed E-state index contributed by atoms with van der Waals surface area (Å²) in [6.07, 6.45) is 2.03. The fraction of sp³-hybridized carbons (Fsp3) is 0.267. The summed E-state index contributed by atoms with van der Waals surface area (Å²) >= 11 is 6.71. The zero-order valence-corrected chi connectivity index (χ0v) is 13.5. The Morgan fingerprint density at radius 1 is 1.32 bits per heavy atom. The predicted octanol–water partition coefficient (Wildman–Crippen LogP) is 2.90. The lowest BCUT2D eigenvalue weighted by Crippen LogP contribution is -2.37. The molecule has 116 valence electrons. The highest BCUT2D eigenvalue weighted by Gasteiger charge is 2.34. The molecular weight excluding hydrogens is 324 g/mol. The number of carbonyl (C=O) groups excluding carboxylic acids is 3. The number of imide groups is 1. The van der Waals surface area contributed by atoms with E-state index in [4.69, 9.17) is 11.6 Å². The first-order valence-electron chi connectivity index (χ1n) is 6.79. The van der Waals surface area contributed by atoms with Crippen LogP contribution >= 0.6 is 23.4 Å². The topological polar surface area (TPSA) is 66.5 Å². The van der Waals surface area contributed by atoms with E-state index in [1.165, 1.54) is 0 Å². The average molecular weight is 339 g/mol. The van der Waals surface area contributed by atoms with E-state index in [0.717, 1.165) is 22.2 Å². The smallest absolute Gasteiger partial charge is 0.293 e. The number of carbonyl (C=O) groups is 3. The lowest BCUT2D eigenvalue weighted by molar-refractivity contribution is -0.124. The van der Waals surface area contributed by atoms with Crippen LogP contribution in [0, 0.1) is 0 Å². The van der Waals surface area contributed by atoms with Crippen LogP contribution in [-0.4, -0.2) is 35.0 Å². The van der Waals surface area contributed by atoms with Gasteiger partial charge in [0.2, 0.25) is 5.91 Å². The Bertz CT molecular complexity index is 628. The molecule has 1 saturated heterocycles. The van der Waals surface area contributed by atoms with Crippen molar-refractivity contribution in [2.45, 2.75) is 13.3 Å². The van der Waals surface area contributed by atoms with Crippen LogP contribution in [0.5, 0.6) is 0 Å². The summed E-state index contributed by atoms with van der Waals surface area (Å²) in [4.78, 5) is 36.8. The van der Waals surface area contributed by atoms with Gasteiger partial charge in [-0.05, 0) is 35.5 Å². The fourth-order valence-corrected chi connectivity index (χ4v) is 2.83. The molecule has 1 aromatic carbocycles. The molecule has 1 aliphatic heterocycles. The van der Waals surface area contributed by atoms with Crippen LogP contribution in [0.4, 0.5) is 4.79 Å². The molecule has 0 bridgehead atoms. The summed E-state index contributed by atoms with van der Waals surface area (Å²) in [7, 11) is 0. The molecule has 1 aromatic rings. The third-order valence-corrected chi connectivity index (χ3v) is 4.18. The van der Waals surface area contributed by atoms with Crippen LogP contribution in [0.3, 0.4) is 0 Å². The highest BCUT2D eigenvalue weighted by Crippen LogP contribution is 2.31. The van der Waals surface area contributed by atoms with Crippen molar-refractivity contribution in [1.82, 2.24) is 10.2 Å². The van der Waals surface area contributed by atoms with E-state index in [2.05, 4.69) is 5.32 Å². The van der Waals surface area contributed by atoms with Crippen molar-refractivity contribution in [1.29, 1.82) is 0 Å². The Morgan fingerprint density at radius 3 is 2.64 bits per heavy atom. The molecule has 7 heteroatoms. The van der Waals surface area contributed by atoms with Gasteiger partial charge in [-0.3, -0.25) is 19.3 Å². The van der Waals surface area contributed by atoms with Gasteiger partial charge in [-0.1, -0.05) is 30.7 Å². The molecule has 1 aliphatic rings. The van der Waals surface area contributed by atoms with Crippen molar-refractivity contribution in [3.63, 3.8) is 0 Å². The first kappa shape index (κ1) is 16.6. The van der Waals surface area contributed by atoms with Gasteiger partial charge in [0, 0.05) is 24.5 Å². The first-order chi connectivity index (χ1) is 10.5. The van der Waals surface area contributed by atoms with E-state index in [9.17, 15) is 14.4 Å². The molecule has 0 atom stereocenters. The normalized spacial score (nSPS) is 16.5. The maximum absolute atomic E-state index is 12.2. The molecule has 1 heterocycles. The quantitative estimate of drug-likeness (QED) is 0.838. The molecule has 0 aromatic heterocycles. The number of halogens is 1. The molecular formula is C15H15ClN2O3S. The van der Waals surface area contributed by atoms with Crippen molar-refractivity contribution >= 4 is 46.5 Å². The Kier molecular flexibility index (Phi) is 5.63. The summed E-state index contributed by atoms with van der Waals surface area (Å²) in [5, 5.41) is 2.93. The first-order valence-corrected chi connectivity index (χ1v) is 7.98. The minimum Gasteiger partial charge on any atom is -0.354 e. The molecule has 0 spiro atoms. The predicted molar refractivity (Wildman–Crippen MR) is 87.4 cm³/mol. The van der Waals surface area contributed by atoms with E-state index in [1.807, 2.05) is 0 Å². The Hall–Kier alpha value is -1.79. The Morgan fingerprint density at radius 2 is 2.00 bits per heavy atom. The van der Waals surface area contributed by atoms with E-state index < -0.39 is 0 Å². The summed E-state index contributed by atoms with van der Waals surface area (Å²) in [6.45, 7) is 2.18. The SMILES string of the molecule is CCC(=O)NCCN1C(=O)SC(=Cc2ccc(Cl)cc2)C1=O. The number of nitrogens with one attached hydrogen (secondary N) is 1. The number of nitrogens with zero attached hydrogens (tertiary/aromatic N) is 1. The lowest BCUT2D eigenvalue weighted by Gasteiger charge is -2.12. The molecule has 22 heavy (non-hydrogen) atoms. The van der Waals surface area contributed by atoms with Crippen molar-refractivity contribution in [2.75, 3.05) is 13.1 Å². The van der Waals surface area contributed by atoms with Crippen molar-refractivity contribution in [2.24, 2.45) is 0 Å². The van der Waals surface area contributed by atoms with E-state index >= 15 is 0 Å². The minimum atomic E-state index is -0.337. The number of amides is 3. The molecule has 0 saturated carbocycles. The van der Waals surface area contributed by atoms with Gasteiger partial charge in [0.15, 0.2) is 0 Å². The third-order valence-electron chi connectivity index (χ3n) is 3.02. The molecule has 0 aliphatic carbocycles. The molecule has 0 unspecified atom stereocenters. The number of rotatable bonds is 5. The minimum absolute atomic E-state index is 0.108. The van der Waals surface area contributed by atoms with Crippen LogP contribution < -0.4 is 5.32 Å². The van der Waals surface area contributed by atoms with Gasteiger partial charge in [0.05, 0.1) is 4.91 Å². The maximum Gasteiger partial charge on any atom is 0.293 e. The van der Waals surface area contributed by atoms with Crippen molar-refractivity contribution in [3.8, 4) is 0 Å². The summed E-state index contributed by atoms with van der Waals surface area (Å²) in [5.74, 6) is -0.445. The third kappa shape index (κ3) is 4.11. The second-order valence-electron chi connectivity index (χ2n) is 4.59. The largest absolute Gasteiger partial charge is 0.354 e. The molecule has 3 amide bonds. The summed E-state index contributed by atoms with van der Waals surface area (Å²) in [6, 6.07) is 6.99. The summed E-state index contributed by atoms with van der Waals surface area (Å²) < 4.78 is 0. The molecule has 2 rings (SSSR count). The van der Waals surface area contributed by atoms with Crippen molar-refractivity contribution < 1.29 is 14.4 Å². The fourth-order valence-electron chi connectivity index (χ4n) is 1.84. The average Bonchev–Trinajstić information content (AvgIpc) is 2.76. The zero-order chi connectivity index (χ0) is 16.1. The van der Waals surface area contributed by atoms with Crippen LogP contribution in [0.2, 0.25) is 5.02 Å². The van der Waals surface area contributed by atoms with E-state index in [0.29, 0.717) is 16.3 Å². The molecule has 1 N–H and O–H groups in total. The lowest BCUT2D eigenvalue weighted by atomic mass is 10.2. The van der Waals surface area contributed by atoms with Crippen LogP contribution in [0.15, 0.2) is 29.2 Å². The second kappa shape index (κ2) is 7.47. The summed E-state index contributed by atoms with van der Waals surface area (Å²) in [5.41, 5.74) is 0.800. The van der Waals surface area contributed by atoms with Crippen LogP contribution in [-0.2, 0) is 9.59 Å². The second-order valence-corrected chi connectivity index (χ2v) is 6.02. The van der Waals surface area contributed by atoms with Gasteiger partial charge in [0.1, 0.15) is 0 Å². The standard InChI is InChI=1S/C15H15ClN2O3S/c1-2-13(19)17-7-8-18-14(20)12(22-15(18)21)9-10-3-5-11(16)6-4-10/h3-6,9H,2,7-8H2,1H3,(H,17,19). The van der Waals surface area contributed by atoms with Crippen LogP contribution in [0.25, 0.3) is 6.08 Å². The number of thioether (sulfide) groups is 1. The van der Waals surface area contributed by atoms with Gasteiger partial charge >= 0.3 is 0 Å². The van der Waals surface area contributed by atoms with Crippen LogP contribution in [0.1, 0.15) is 18.9 Å². The molecule has 5 nitrogen and oxygen atoms in total. The van der Waals surface area contributed by atoms with Gasteiger partial charge in [-0.25, -0.2) is 0 Å². The number of benzene rings is 1. The van der Waals surface area contributed by atoms with Gasteiger partial charge in [-0.2, -0.15) is 0 Å². The zero-order valence-electron chi connectivity index (χ0n) is 12.0. The monoisotopic (exact) mass is 338 g/mol. The van der Waals surface area contributed by atoms with Gasteiger partial charge in [0.25, 0.3) is 11.1 Å².